The Hall–Kier alpha value is -0.340. The Kier molecular flexibility index (Phi) is 4.28. The van der Waals surface area contributed by atoms with Gasteiger partial charge in [0.2, 0.25) is 0 Å². The van der Waals surface area contributed by atoms with Gasteiger partial charge < -0.3 is 5.32 Å². The summed E-state index contributed by atoms with van der Waals surface area (Å²) in [6.07, 6.45) is 7.15. The fourth-order valence-electron chi connectivity index (χ4n) is 4.14. The van der Waals surface area contributed by atoms with E-state index in [0.717, 1.165) is 24.2 Å². The predicted octanol–water partition coefficient (Wildman–Crippen LogP) is 4.93. The van der Waals surface area contributed by atoms with E-state index in [0.29, 0.717) is 6.04 Å². The molecule has 0 amide bonds. The van der Waals surface area contributed by atoms with Gasteiger partial charge in [0.25, 0.3) is 0 Å². The zero-order chi connectivity index (χ0) is 13.2. The molecule has 2 fully saturated rings. The molecule has 1 nitrogen and oxygen atoms in total. The van der Waals surface area contributed by atoms with Crippen LogP contribution in [0.5, 0.6) is 0 Å². The standard InChI is InChI=1S/C17H24BrN/c1-2-17(14-4-3-5-16(18)10-14)19-11-15-9-12-6-7-13(15)8-12/h3-5,10,12-13,15,17,19H,2,6-9,11H2,1H3. The van der Waals surface area contributed by atoms with Crippen LogP contribution in [0.4, 0.5) is 0 Å². The molecule has 0 saturated heterocycles. The highest BCUT2D eigenvalue weighted by atomic mass is 79.9. The summed E-state index contributed by atoms with van der Waals surface area (Å²) < 4.78 is 1.19. The summed E-state index contributed by atoms with van der Waals surface area (Å²) in [5.74, 6) is 3.03. The van der Waals surface area contributed by atoms with Crippen LogP contribution in [0.3, 0.4) is 0 Å². The summed E-state index contributed by atoms with van der Waals surface area (Å²) in [5.41, 5.74) is 1.42. The molecule has 4 atom stereocenters. The van der Waals surface area contributed by atoms with Gasteiger partial charge in [-0.05, 0) is 67.7 Å². The maximum atomic E-state index is 3.82. The Bertz CT molecular complexity index is 431. The summed E-state index contributed by atoms with van der Waals surface area (Å²) in [4.78, 5) is 0. The summed E-state index contributed by atoms with van der Waals surface area (Å²) in [6, 6.07) is 9.25. The number of rotatable bonds is 5. The molecule has 1 aromatic carbocycles. The SMILES string of the molecule is CCC(NCC1CC2CCC1C2)c1cccc(Br)c1. The van der Waals surface area contributed by atoms with E-state index in [1.165, 1.54) is 42.3 Å². The van der Waals surface area contributed by atoms with Crippen LogP contribution < -0.4 is 5.32 Å². The molecule has 2 heteroatoms. The third-order valence-corrected chi connectivity index (χ3v) is 5.66. The lowest BCUT2D eigenvalue weighted by Crippen LogP contribution is -2.29. The first-order chi connectivity index (χ1) is 9.26. The molecule has 104 valence electrons. The van der Waals surface area contributed by atoms with Gasteiger partial charge in [0.1, 0.15) is 0 Å². The van der Waals surface area contributed by atoms with E-state index >= 15 is 0 Å². The first-order valence-corrected chi connectivity index (χ1v) is 8.54. The summed E-state index contributed by atoms with van der Waals surface area (Å²) in [5, 5.41) is 3.82. The number of hydrogen-bond donors (Lipinski definition) is 1. The van der Waals surface area contributed by atoms with Crippen molar-refractivity contribution in [1.82, 2.24) is 5.32 Å². The molecule has 19 heavy (non-hydrogen) atoms. The molecular formula is C17H24BrN. The molecule has 4 unspecified atom stereocenters. The Morgan fingerprint density at radius 1 is 1.32 bits per heavy atom. The lowest BCUT2D eigenvalue weighted by molar-refractivity contribution is 0.304. The molecular weight excluding hydrogens is 298 g/mol. The molecule has 3 rings (SSSR count). The summed E-state index contributed by atoms with van der Waals surface area (Å²) in [6.45, 7) is 3.49. The van der Waals surface area contributed by atoms with Crippen molar-refractivity contribution in [2.24, 2.45) is 17.8 Å². The molecule has 0 heterocycles. The van der Waals surface area contributed by atoms with Gasteiger partial charge in [0.15, 0.2) is 0 Å². The van der Waals surface area contributed by atoms with Crippen molar-refractivity contribution in [1.29, 1.82) is 0 Å². The predicted molar refractivity (Wildman–Crippen MR) is 84.1 cm³/mol. The van der Waals surface area contributed by atoms with E-state index in [2.05, 4.69) is 52.4 Å². The van der Waals surface area contributed by atoms with Gasteiger partial charge in [0.05, 0.1) is 0 Å². The highest BCUT2D eigenvalue weighted by Gasteiger charge is 2.39. The van der Waals surface area contributed by atoms with Crippen LogP contribution in [0, 0.1) is 17.8 Å². The maximum absolute atomic E-state index is 3.82. The average molecular weight is 322 g/mol. The van der Waals surface area contributed by atoms with Crippen molar-refractivity contribution in [3.8, 4) is 0 Å². The van der Waals surface area contributed by atoms with Crippen molar-refractivity contribution in [3.63, 3.8) is 0 Å². The second-order valence-electron chi connectivity index (χ2n) is 6.36. The smallest absolute Gasteiger partial charge is 0.0318 e. The van der Waals surface area contributed by atoms with Crippen LogP contribution in [0.25, 0.3) is 0 Å². The fourth-order valence-corrected chi connectivity index (χ4v) is 4.56. The Balaban J connectivity index is 1.58. The van der Waals surface area contributed by atoms with Crippen LogP contribution in [0.15, 0.2) is 28.7 Å². The number of halogens is 1. The lowest BCUT2D eigenvalue weighted by atomic mass is 9.88. The first-order valence-electron chi connectivity index (χ1n) is 7.75. The van der Waals surface area contributed by atoms with Crippen LogP contribution in [-0.2, 0) is 0 Å². The zero-order valence-corrected chi connectivity index (χ0v) is 13.3. The van der Waals surface area contributed by atoms with E-state index < -0.39 is 0 Å². The maximum Gasteiger partial charge on any atom is 0.0318 e. The van der Waals surface area contributed by atoms with E-state index in [9.17, 15) is 0 Å². The van der Waals surface area contributed by atoms with Crippen molar-refractivity contribution >= 4 is 15.9 Å². The normalized spacial score (nSPS) is 30.7. The van der Waals surface area contributed by atoms with Gasteiger partial charge >= 0.3 is 0 Å². The number of fused-ring (bicyclic) bond motifs is 2. The number of hydrogen-bond acceptors (Lipinski definition) is 1. The summed E-state index contributed by atoms with van der Waals surface area (Å²) in [7, 11) is 0. The van der Waals surface area contributed by atoms with Crippen molar-refractivity contribution < 1.29 is 0 Å². The van der Waals surface area contributed by atoms with Gasteiger partial charge in [-0.15, -0.1) is 0 Å². The number of nitrogens with one attached hydrogen (secondary N) is 1. The number of benzene rings is 1. The van der Waals surface area contributed by atoms with Crippen LogP contribution >= 0.6 is 15.9 Å². The Morgan fingerprint density at radius 2 is 2.21 bits per heavy atom. The Labute approximate surface area is 125 Å². The van der Waals surface area contributed by atoms with Crippen molar-refractivity contribution in [2.75, 3.05) is 6.54 Å². The molecule has 2 saturated carbocycles. The molecule has 1 N–H and O–H groups in total. The van der Waals surface area contributed by atoms with E-state index in [1.807, 2.05) is 0 Å². The van der Waals surface area contributed by atoms with Gasteiger partial charge in [-0.2, -0.15) is 0 Å². The van der Waals surface area contributed by atoms with E-state index in [1.54, 1.807) is 0 Å². The molecule has 0 aliphatic heterocycles. The van der Waals surface area contributed by atoms with Crippen LogP contribution in [0.1, 0.15) is 50.6 Å². The topological polar surface area (TPSA) is 12.0 Å². The van der Waals surface area contributed by atoms with Crippen molar-refractivity contribution in [3.05, 3.63) is 34.3 Å². The third kappa shape index (κ3) is 3.05. The molecule has 1 aromatic rings. The van der Waals surface area contributed by atoms with E-state index in [-0.39, 0.29) is 0 Å². The average Bonchev–Trinajstić information content (AvgIpc) is 3.02. The van der Waals surface area contributed by atoms with E-state index in [4.69, 9.17) is 0 Å². The fraction of sp³-hybridized carbons (Fsp3) is 0.647. The van der Waals surface area contributed by atoms with Gasteiger partial charge in [-0.1, -0.05) is 41.4 Å². The largest absolute Gasteiger partial charge is 0.310 e. The summed E-state index contributed by atoms with van der Waals surface area (Å²) >= 11 is 3.58. The molecule has 2 aliphatic rings. The van der Waals surface area contributed by atoms with Gasteiger partial charge in [0, 0.05) is 10.5 Å². The monoisotopic (exact) mass is 321 g/mol. The second-order valence-corrected chi connectivity index (χ2v) is 7.27. The molecule has 0 radical (unpaired) electrons. The second kappa shape index (κ2) is 5.97. The minimum atomic E-state index is 0.511. The van der Waals surface area contributed by atoms with Crippen LogP contribution in [0.2, 0.25) is 0 Å². The van der Waals surface area contributed by atoms with Gasteiger partial charge in [-0.25, -0.2) is 0 Å². The van der Waals surface area contributed by atoms with Crippen LogP contribution in [-0.4, -0.2) is 6.54 Å². The quantitative estimate of drug-likeness (QED) is 0.811. The highest BCUT2D eigenvalue weighted by molar-refractivity contribution is 9.10. The molecule has 2 bridgehead atoms. The Morgan fingerprint density at radius 3 is 2.84 bits per heavy atom. The molecule has 2 aliphatic carbocycles. The minimum absolute atomic E-state index is 0.511. The van der Waals surface area contributed by atoms with Crippen molar-refractivity contribution in [2.45, 2.75) is 45.1 Å². The molecule has 0 aromatic heterocycles. The molecule has 0 spiro atoms. The minimum Gasteiger partial charge on any atom is -0.310 e. The lowest BCUT2D eigenvalue weighted by Gasteiger charge is -2.25. The first kappa shape index (κ1) is 13.6. The zero-order valence-electron chi connectivity index (χ0n) is 11.7. The van der Waals surface area contributed by atoms with Gasteiger partial charge in [-0.3, -0.25) is 0 Å². The third-order valence-electron chi connectivity index (χ3n) is 5.17. The highest BCUT2D eigenvalue weighted by Crippen LogP contribution is 2.48.